The van der Waals surface area contributed by atoms with E-state index in [0.29, 0.717) is 6.42 Å². The molecule has 0 saturated heterocycles. The quantitative estimate of drug-likeness (QED) is 0.513. The van der Waals surface area contributed by atoms with E-state index in [4.69, 9.17) is 10.9 Å². The molecule has 0 aromatic rings. The van der Waals surface area contributed by atoms with Crippen molar-refractivity contribution >= 4 is 10.2 Å². The van der Waals surface area contributed by atoms with Gasteiger partial charge in [0.25, 0.3) is 10.2 Å². The van der Waals surface area contributed by atoms with E-state index < -0.39 is 10.2 Å². The van der Waals surface area contributed by atoms with E-state index in [0.717, 1.165) is 0 Å². The van der Waals surface area contributed by atoms with Crippen LogP contribution in [0.25, 0.3) is 0 Å². The third kappa shape index (κ3) is 5.14. The second kappa shape index (κ2) is 4.01. The molecule has 11 heavy (non-hydrogen) atoms. The minimum atomic E-state index is -3.61. The molecule has 0 spiro atoms. The second-order valence-corrected chi connectivity index (χ2v) is 3.86. The van der Waals surface area contributed by atoms with Gasteiger partial charge in [0.05, 0.1) is 0 Å². The maximum atomic E-state index is 10.5. The Morgan fingerprint density at radius 2 is 2.00 bits per heavy atom. The topological polar surface area (TPSA) is 98.2 Å². The van der Waals surface area contributed by atoms with Gasteiger partial charge < -0.3 is 5.73 Å². The van der Waals surface area contributed by atoms with Gasteiger partial charge in [0.2, 0.25) is 0 Å². The summed E-state index contributed by atoms with van der Waals surface area (Å²) in [7, 11) is -3.61. The summed E-state index contributed by atoms with van der Waals surface area (Å²) < 4.78 is 23.3. The molecule has 0 aliphatic rings. The van der Waals surface area contributed by atoms with Crippen molar-refractivity contribution in [3.8, 4) is 0 Å². The number of nitrogens with one attached hydrogen (secondary N) is 1. The summed E-state index contributed by atoms with van der Waals surface area (Å²) >= 11 is 0. The molecule has 0 fully saturated rings. The Morgan fingerprint density at radius 3 is 2.09 bits per heavy atom. The molecule has 0 aromatic heterocycles. The zero-order valence-electron chi connectivity index (χ0n) is 6.74. The Labute approximate surface area is 67.3 Å². The van der Waals surface area contributed by atoms with Crippen LogP contribution in [0.1, 0.15) is 20.3 Å². The summed E-state index contributed by atoms with van der Waals surface area (Å²) in [4.78, 5) is 0. The zero-order valence-corrected chi connectivity index (χ0v) is 7.56. The Hall–Kier alpha value is -0.170. The lowest BCUT2D eigenvalue weighted by Crippen LogP contribution is -2.47. The van der Waals surface area contributed by atoms with Gasteiger partial charge in [-0.25, -0.2) is 5.14 Å². The molecule has 0 saturated carbocycles. The predicted octanol–water partition coefficient (Wildman–Crippen LogP) is -1.09. The van der Waals surface area contributed by atoms with Gasteiger partial charge in [-0.3, -0.25) is 0 Å². The van der Waals surface area contributed by atoms with Crippen molar-refractivity contribution in [1.82, 2.24) is 4.72 Å². The number of rotatable bonds is 4. The second-order valence-electron chi connectivity index (χ2n) is 2.54. The number of hydrogen-bond donors (Lipinski definition) is 3. The molecule has 0 aliphatic carbocycles. The molecule has 6 heteroatoms. The molecule has 5 N–H and O–H groups in total. The van der Waals surface area contributed by atoms with Crippen LogP contribution in [0, 0.1) is 0 Å². The molecular formula is C5H15N3O2S. The molecule has 0 heterocycles. The van der Waals surface area contributed by atoms with Crippen molar-refractivity contribution in [2.24, 2.45) is 10.9 Å². The third-order valence-corrected chi connectivity index (χ3v) is 2.02. The summed E-state index contributed by atoms with van der Waals surface area (Å²) in [5.74, 6) is 0. The highest BCUT2D eigenvalue weighted by Gasteiger charge is 2.15. The third-order valence-electron chi connectivity index (χ3n) is 1.39. The van der Waals surface area contributed by atoms with Crippen LogP contribution in [-0.2, 0) is 10.2 Å². The lowest BCUT2D eigenvalue weighted by molar-refractivity contribution is 0.487. The smallest absolute Gasteiger partial charge is 0.274 e. The van der Waals surface area contributed by atoms with Gasteiger partial charge in [0, 0.05) is 12.1 Å². The molecule has 68 valence electrons. The molecule has 0 bridgehead atoms. The van der Waals surface area contributed by atoms with E-state index in [1.165, 1.54) is 0 Å². The van der Waals surface area contributed by atoms with Gasteiger partial charge in [-0.05, 0) is 13.3 Å². The van der Waals surface area contributed by atoms with Crippen LogP contribution in [0.2, 0.25) is 0 Å². The molecule has 0 aromatic carbocycles. The van der Waals surface area contributed by atoms with Crippen molar-refractivity contribution < 1.29 is 8.42 Å². The van der Waals surface area contributed by atoms with Crippen LogP contribution in [0.15, 0.2) is 0 Å². The summed E-state index contributed by atoms with van der Waals surface area (Å²) in [6, 6.07) is -0.497. The zero-order chi connectivity index (χ0) is 9.07. The monoisotopic (exact) mass is 181 g/mol. The molecule has 2 atom stereocenters. The molecule has 2 unspecified atom stereocenters. The van der Waals surface area contributed by atoms with Crippen molar-refractivity contribution in [1.29, 1.82) is 0 Å². The Morgan fingerprint density at radius 1 is 1.55 bits per heavy atom. The van der Waals surface area contributed by atoms with E-state index >= 15 is 0 Å². The fourth-order valence-electron chi connectivity index (χ4n) is 0.773. The van der Waals surface area contributed by atoms with Crippen LogP contribution >= 0.6 is 0 Å². The standard InChI is InChI=1S/C5H15N3O2S/c1-3-5(4(2)6)8-11(7,9)10/h4-5,8H,3,6H2,1-2H3,(H2,7,9,10). The molecular weight excluding hydrogens is 166 g/mol. The average Bonchev–Trinajstić information content (AvgIpc) is 1.80. The minimum absolute atomic E-state index is 0.224. The Balaban J connectivity index is 4.10. The first-order chi connectivity index (χ1) is 4.87. The van der Waals surface area contributed by atoms with Gasteiger partial charge in [-0.2, -0.15) is 13.1 Å². The van der Waals surface area contributed by atoms with Gasteiger partial charge in [-0.1, -0.05) is 6.92 Å². The molecule has 0 amide bonds. The van der Waals surface area contributed by atoms with E-state index in [2.05, 4.69) is 4.72 Å². The number of nitrogens with two attached hydrogens (primary N) is 2. The molecule has 0 rings (SSSR count). The highest BCUT2D eigenvalue weighted by atomic mass is 32.2. The lowest BCUT2D eigenvalue weighted by Gasteiger charge is -2.18. The molecule has 0 radical (unpaired) electrons. The summed E-state index contributed by atoms with van der Waals surface area (Å²) in [5, 5.41) is 4.76. The molecule has 5 nitrogen and oxygen atoms in total. The average molecular weight is 181 g/mol. The van der Waals surface area contributed by atoms with E-state index in [1.54, 1.807) is 6.92 Å². The van der Waals surface area contributed by atoms with Crippen molar-refractivity contribution in [3.05, 3.63) is 0 Å². The van der Waals surface area contributed by atoms with Crippen LogP contribution in [-0.4, -0.2) is 20.5 Å². The summed E-state index contributed by atoms with van der Waals surface area (Å²) in [5.41, 5.74) is 5.47. The number of hydrogen-bond acceptors (Lipinski definition) is 3. The summed E-state index contributed by atoms with van der Waals surface area (Å²) in [6.45, 7) is 3.57. The first-order valence-corrected chi connectivity index (χ1v) is 4.97. The summed E-state index contributed by atoms with van der Waals surface area (Å²) in [6.07, 6.45) is 0.633. The van der Waals surface area contributed by atoms with Crippen LogP contribution < -0.4 is 15.6 Å². The van der Waals surface area contributed by atoms with Crippen LogP contribution in [0.4, 0.5) is 0 Å². The van der Waals surface area contributed by atoms with E-state index in [9.17, 15) is 8.42 Å². The lowest BCUT2D eigenvalue weighted by atomic mass is 10.1. The SMILES string of the molecule is CCC(NS(N)(=O)=O)C(C)N. The van der Waals surface area contributed by atoms with Crippen LogP contribution in [0.3, 0.4) is 0 Å². The first kappa shape index (κ1) is 10.8. The minimum Gasteiger partial charge on any atom is -0.327 e. The van der Waals surface area contributed by atoms with Gasteiger partial charge >= 0.3 is 0 Å². The van der Waals surface area contributed by atoms with Gasteiger partial charge in [0.1, 0.15) is 0 Å². The Kier molecular flexibility index (Phi) is 3.95. The Bertz CT molecular complexity index is 200. The highest BCUT2D eigenvalue weighted by Crippen LogP contribution is 1.95. The van der Waals surface area contributed by atoms with Crippen molar-refractivity contribution in [2.45, 2.75) is 32.4 Å². The maximum absolute atomic E-state index is 10.5. The van der Waals surface area contributed by atoms with Crippen molar-refractivity contribution in [3.63, 3.8) is 0 Å². The fourth-order valence-corrected chi connectivity index (χ4v) is 1.58. The molecule has 0 aliphatic heterocycles. The van der Waals surface area contributed by atoms with Gasteiger partial charge in [0.15, 0.2) is 0 Å². The highest BCUT2D eigenvalue weighted by molar-refractivity contribution is 7.87. The normalized spacial score (nSPS) is 17.8. The van der Waals surface area contributed by atoms with Crippen molar-refractivity contribution in [2.75, 3.05) is 0 Å². The fraction of sp³-hybridized carbons (Fsp3) is 1.00. The first-order valence-electron chi connectivity index (χ1n) is 3.42. The predicted molar refractivity (Wildman–Crippen MR) is 44.0 cm³/mol. The maximum Gasteiger partial charge on any atom is 0.274 e. The van der Waals surface area contributed by atoms with Crippen LogP contribution in [0.5, 0.6) is 0 Å². The van der Waals surface area contributed by atoms with Gasteiger partial charge in [-0.15, -0.1) is 0 Å². The van der Waals surface area contributed by atoms with E-state index in [1.807, 2.05) is 6.92 Å². The van der Waals surface area contributed by atoms with E-state index in [-0.39, 0.29) is 12.1 Å². The largest absolute Gasteiger partial charge is 0.327 e.